The first-order valence-corrected chi connectivity index (χ1v) is 34.8. The second-order valence-electron chi connectivity index (χ2n) is 24.9. The Bertz CT molecular complexity index is 4260. The van der Waals surface area contributed by atoms with Gasteiger partial charge in [-0.3, -0.25) is 0 Å². The van der Waals surface area contributed by atoms with Crippen molar-refractivity contribution < 1.29 is 75.8 Å². The van der Waals surface area contributed by atoms with Gasteiger partial charge in [-0.05, 0) is 146 Å². The number of rotatable bonds is 32. The van der Waals surface area contributed by atoms with Crippen molar-refractivity contribution in [3.05, 3.63) is 243 Å². The molecule has 0 amide bonds. The van der Waals surface area contributed by atoms with Gasteiger partial charge in [0.2, 0.25) is 0 Å². The molecule has 0 unspecified atom stereocenters. The second kappa shape index (κ2) is 33.9. The zero-order chi connectivity index (χ0) is 76.9. The Labute approximate surface area is 636 Å². The number of methoxy groups -OCH3 is 16. The molecular formula is C88H88BN4O16-. The molecule has 0 aliphatic heterocycles. The van der Waals surface area contributed by atoms with E-state index in [0.717, 1.165) is 44.6 Å². The van der Waals surface area contributed by atoms with E-state index in [1.807, 2.05) is 146 Å². The lowest BCUT2D eigenvalue weighted by molar-refractivity contribution is 0.393. The Balaban J connectivity index is 1.18. The van der Waals surface area contributed by atoms with E-state index in [2.05, 4.69) is 117 Å². The smallest absolute Gasteiger partial charge is 0.146 e. The van der Waals surface area contributed by atoms with Gasteiger partial charge >= 0.3 is 0 Å². The molecule has 21 heteroatoms. The van der Waals surface area contributed by atoms with E-state index in [0.29, 0.717) is 137 Å². The molecule has 0 radical (unpaired) electrons. The molecule has 0 saturated carbocycles. The summed E-state index contributed by atoms with van der Waals surface area (Å²) < 4.78 is 95.7. The number of hydrogen-bond acceptors (Lipinski definition) is 20. The normalized spacial score (nSPS) is 10.9. The molecule has 0 aromatic heterocycles. The van der Waals surface area contributed by atoms with Crippen molar-refractivity contribution in [3.8, 4) is 92.0 Å². The largest absolute Gasteiger partial charge is 0.497 e. The Morgan fingerprint density at radius 3 is 0.394 bits per heavy atom. The standard InChI is InChI=1S/C88H88BN4O16/c1-94-65-33-41-73(81(49-65)102-9)90(74-42-34-66(95-2)50-82(74)103-10)61-25-17-57(18-26-61)89(58-19-27-62(28-20-58)91(75-43-35-67(96-3)51-83(75)104-11)76-44-36-68(97-4)52-84(76)105-12,59-21-29-63(30-22-59)92(77-45-37-69(98-5)53-85(77)106-13)78-46-38-70(99-6)54-86(78)107-14)60-23-31-64(32-24-60)93(79-47-39-71(100-7)55-87(79)108-15)80-48-40-72(101-8)56-88(80)109-16/h17-56H,1-16H3/q-1. The third kappa shape index (κ3) is 14.8. The van der Waals surface area contributed by atoms with Gasteiger partial charge < -0.3 is 95.4 Å². The fourth-order valence-electron chi connectivity index (χ4n) is 14.2. The summed E-state index contributed by atoms with van der Waals surface area (Å²) in [6.07, 6.45) is -2.39. The van der Waals surface area contributed by atoms with Crippen molar-refractivity contribution in [2.45, 2.75) is 0 Å². The van der Waals surface area contributed by atoms with E-state index >= 15 is 0 Å². The van der Waals surface area contributed by atoms with Crippen LogP contribution in [0.4, 0.5) is 68.2 Å². The minimum atomic E-state index is -2.39. The summed E-state index contributed by atoms with van der Waals surface area (Å²) in [4.78, 5) is 8.42. The molecule has 0 aliphatic carbocycles. The zero-order valence-electron chi connectivity index (χ0n) is 64.0. The third-order valence-corrected chi connectivity index (χ3v) is 19.6. The molecule has 0 spiro atoms. The van der Waals surface area contributed by atoms with Crippen LogP contribution in [-0.4, -0.2) is 120 Å². The van der Waals surface area contributed by atoms with Gasteiger partial charge in [0.1, 0.15) is 98.1 Å². The van der Waals surface area contributed by atoms with Gasteiger partial charge in [-0.2, -0.15) is 21.9 Å². The molecule has 0 bridgehead atoms. The van der Waals surface area contributed by atoms with Gasteiger partial charge in [0.15, 0.2) is 0 Å². The molecule has 20 nitrogen and oxygen atoms in total. The van der Waals surface area contributed by atoms with E-state index < -0.39 is 6.15 Å². The van der Waals surface area contributed by atoms with E-state index in [1.54, 1.807) is 114 Å². The van der Waals surface area contributed by atoms with Gasteiger partial charge in [0.05, 0.1) is 159 Å². The topological polar surface area (TPSA) is 161 Å². The summed E-state index contributed by atoms with van der Waals surface area (Å²) in [6.45, 7) is 0. The molecule has 109 heavy (non-hydrogen) atoms. The fraction of sp³-hybridized carbons (Fsp3) is 0.182. The van der Waals surface area contributed by atoms with Crippen molar-refractivity contribution in [1.29, 1.82) is 0 Å². The Kier molecular flexibility index (Phi) is 23.4. The van der Waals surface area contributed by atoms with Crippen LogP contribution in [-0.2, 0) is 0 Å². The first kappa shape index (κ1) is 75.4. The summed E-state index contributed by atoms with van der Waals surface area (Å²) >= 11 is 0. The van der Waals surface area contributed by atoms with Crippen LogP contribution in [0, 0.1) is 0 Å². The number of ether oxygens (including phenoxy) is 16. The number of hydrogen-bond donors (Lipinski definition) is 0. The Hall–Kier alpha value is -13.3. The summed E-state index contributed by atoms with van der Waals surface area (Å²) in [5.41, 5.74) is 12.5. The highest BCUT2D eigenvalue weighted by Crippen LogP contribution is 2.51. The maximum absolute atomic E-state index is 6.20. The highest BCUT2D eigenvalue weighted by molar-refractivity contribution is 7.20. The first-order chi connectivity index (χ1) is 53.3. The van der Waals surface area contributed by atoms with Gasteiger partial charge in [-0.1, -0.05) is 48.5 Å². The SMILES string of the molecule is COc1ccc(N(c2ccc([B-](c3ccc(N(c4ccc(OC)cc4OC)c4ccc(OC)cc4OC)cc3)(c3ccc(N(c4ccc(OC)cc4OC)c4ccc(OC)cc4OC)cc3)c3ccc(N(c4ccc(OC)cc4OC)c4ccc(OC)cc4OC)cc3)cc2)c2ccc(OC)cc2OC)c(OC)c1. The average molecular weight is 1470 g/mol. The average Bonchev–Trinajstić information content (AvgIpc) is 0.725. The highest BCUT2D eigenvalue weighted by atomic mass is 16.5. The van der Waals surface area contributed by atoms with Crippen LogP contribution in [0.25, 0.3) is 0 Å². The minimum Gasteiger partial charge on any atom is -0.497 e. The molecule has 560 valence electrons. The number of benzene rings is 12. The quantitative estimate of drug-likeness (QED) is 0.0366. The maximum Gasteiger partial charge on any atom is 0.146 e. The lowest BCUT2D eigenvalue weighted by Crippen LogP contribution is -2.74. The lowest BCUT2D eigenvalue weighted by Gasteiger charge is -2.45. The van der Waals surface area contributed by atoms with Crippen LogP contribution in [0.15, 0.2) is 243 Å². The van der Waals surface area contributed by atoms with Crippen LogP contribution < -0.4 is 117 Å². The minimum absolute atomic E-state index is 0.552. The summed E-state index contributed by atoms with van der Waals surface area (Å²) in [5.74, 6) is 9.35. The summed E-state index contributed by atoms with van der Waals surface area (Å²) in [7, 11) is 26.2. The van der Waals surface area contributed by atoms with E-state index in [-0.39, 0.29) is 0 Å². The van der Waals surface area contributed by atoms with Crippen molar-refractivity contribution in [2.75, 3.05) is 133 Å². The maximum atomic E-state index is 6.20. The molecule has 0 fully saturated rings. The molecule has 12 rings (SSSR count). The van der Waals surface area contributed by atoms with E-state index in [9.17, 15) is 0 Å². The van der Waals surface area contributed by atoms with Crippen LogP contribution in [0.5, 0.6) is 92.0 Å². The Morgan fingerprint density at radius 1 is 0.156 bits per heavy atom. The first-order valence-electron chi connectivity index (χ1n) is 34.8. The predicted octanol–water partition coefficient (Wildman–Crippen LogP) is 17.1. The van der Waals surface area contributed by atoms with Crippen LogP contribution >= 0.6 is 0 Å². The molecule has 0 N–H and O–H groups in total. The molecule has 0 aliphatic rings. The van der Waals surface area contributed by atoms with Gasteiger partial charge in [0, 0.05) is 71.3 Å². The summed E-state index contributed by atoms with van der Waals surface area (Å²) in [6, 6.07) is 80.6. The van der Waals surface area contributed by atoms with Crippen molar-refractivity contribution in [3.63, 3.8) is 0 Å². The number of nitrogens with zero attached hydrogens (tertiary/aromatic N) is 4. The lowest BCUT2D eigenvalue weighted by atomic mass is 9.13. The third-order valence-electron chi connectivity index (χ3n) is 19.6. The predicted molar refractivity (Wildman–Crippen MR) is 434 cm³/mol. The van der Waals surface area contributed by atoms with Gasteiger partial charge in [-0.15, -0.1) is 0 Å². The zero-order valence-corrected chi connectivity index (χ0v) is 64.0. The van der Waals surface area contributed by atoms with Crippen LogP contribution in [0.1, 0.15) is 0 Å². The fourth-order valence-corrected chi connectivity index (χ4v) is 14.2. The molecule has 0 atom stereocenters. The van der Waals surface area contributed by atoms with Crippen molar-refractivity contribution in [2.24, 2.45) is 0 Å². The molecule has 0 saturated heterocycles. The highest BCUT2D eigenvalue weighted by Gasteiger charge is 2.35. The van der Waals surface area contributed by atoms with E-state index in [1.165, 1.54) is 0 Å². The van der Waals surface area contributed by atoms with Crippen molar-refractivity contribution in [1.82, 2.24) is 0 Å². The van der Waals surface area contributed by atoms with Gasteiger partial charge in [0.25, 0.3) is 0 Å². The monoisotopic (exact) mass is 1470 g/mol. The molecular weight excluding hydrogens is 1380 g/mol. The summed E-state index contributed by atoms with van der Waals surface area (Å²) in [5, 5.41) is 0. The van der Waals surface area contributed by atoms with E-state index in [4.69, 9.17) is 75.8 Å². The van der Waals surface area contributed by atoms with Crippen molar-refractivity contribution >= 4 is 96.2 Å². The van der Waals surface area contributed by atoms with Crippen LogP contribution in [0.3, 0.4) is 0 Å². The number of anilines is 12. The Morgan fingerprint density at radius 2 is 0.284 bits per heavy atom. The molecule has 12 aromatic rings. The molecule has 12 aromatic carbocycles. The van der Waals surface area contributed by atoms with Gasteiger partial charge in [-0.25, -0.2) is 0 Å². The van der Waals surface area contributed by atoms with Crippen LogP contribution in [0.2, 0.25) is 0 Å². The second-order valence-corrected chi connectivity index (χ2v) is 24.9. The molecule has 0 heterocycles.